The van der Waals surface area contributed by atoms with Crippen LogP contribution in [0.1, 0.15) is 28.4 Å². The zero-order valence-corrected chi connectivity index (χ0v) is 17.5. The number of rotatable bonds is 7. The molecule has 1 fully saturated rings. The number of carbonyl (C=O) groups is 2. The quantitative estimate of drug-likeness (QED) is 0.651. The summed E-state index contributed by atoms with van der Waals surface area (Å²) < 4.78 is 5.01. The summed E-state index contributed by atoms with van der Waals surface area (Å²) in [4.78, 5) is 28.5. The molecular formula is C23H27ClN2O3. The highest BCUT2D eigenvalue weighted by Crippen LogP contribution is 2.13. The third kappa shape index (κ3) is 6.31. The molecule has 2 aromatic carbocycles. The smallest absolute Gasteiger partial charge is 0.338 e. The normalized spacial score (nSPS) is 14.6. The molecule has 2 aromatic rings. The van der Waals surface area contributed by atoms with Gasteiger partial charge in [-0.2, -0.15) is 0 Å². The maximum absolute atomic E-state index is 12.5. The van der Waals surface area contributed by atoms with E-state index in [9.17, 15) is 9.59 Å². The zero-order valence-electron chi connectivity index (χ0n) is 16.8. The molecule has 1 heterocycles. The Kier molecular flexibility index (Phi) is 7.67. The van der Waals surface area contributed by atoms with Gasteiger partial charge < -0.3 is 9.64 Å². The summed E-state index contributed by atoms with van der Waals surface area (Å²) in [7, 11) is 0. The molecule has 0 saturated carbocycles. The highest BCUT2D eigenvalue weighted by Gasteiger charge is 2.21. The van der Waals surface area contributed by atoms with Crippen LogP contribution in [0.2, 0.25) is 5.02 Å². The van der Waals surface area contributed by atoms with E-state index in [2.05, 4.69) is 4.90 Å². The number of hydrogen-bond donors (Lipinski definition) is 0. The van der Waals surface area contributed by atoms with Crippen LogP contribution in [-0.2, 0) is 22.4 Å². The number of hydrogen-bond acceptors (Lipinski definition) is 4. The number of carbonyl (C=O) groups excluding carboxylic acids is 2. The van der Waals surface area contributed by atoms with Crippen molar-refractivity contribution in [1.29, 1.82) is 0 Å². The topological polar surface area (TPSA) is 49.9 Å². The lowest BCUT2D eigenvalue weighted by atomic mass is 10.1. The van der Waals surface area contributed by atoms with Gasteiger partial charge in [-0.3, -0.25) is 9.69 Å². The summed E-state index contributed by atoms with van der Waals surface area (Å²) in [6, 6.07) is 15.1. The van der Waals surface area contributed by atoms with Crippen molar-refractivity contribution >= 4 is 23.5 Å². The van der Waals surface area contributed by atoms with Gasteiger partial charge in [-0.1, -0.05) is 35.9 Å². The maximum Gasteiger partial charge on any atom is 0.338 e. The molecule has 0 bridgehead atoms. The molecule has 1 aliphatic rings. The van der Waals surface area contributed by atoms with Crippen LogP contribution in [0.5, 0.6) is 0 Å². The van der Waals surface area contributed by atoms with Crippen LogP contribution in [-0.4, -0.2) is 61.0 Å². The van der Waals surface area contributed by atoms with Crippen LogP contribution in [0.25, 0.3) is 0 Å². The highest BCUT2D eigenvalue weighted by molar-refractivity contribution is 6.30. The minimum atomic E-state index is -0.279. The Hall–Kier alpha value is -2.37. The van der Waals surface area contributed by atoms with Gasteiger partial charge in [0.05, 0.1) is 18.6 Å². The van der Waals surface area contributed by atoms with Gasteiger partial charge in [0.25, 0.3) is 0 Å². The third-order valence-electron chi connectivity index (χ3n) is 5.18. The van der Waals surface area contributed by atoms with Gasteiger partial charge in [0.2, 0.25) is 5.91 Å². The third-order valence-corrected chi connectivity index (χ3v) is 5.43. The first-order valence-electron chi connectivity index (χ1n) is 10.1. The van der Waals surface area contributed by atoms with E-state index in [1.54, 1.807) is 6.92 Å². The molecule has 1 saturated heterocycles. The lowest BCUT2D eigenvalue weighted by Crippen LogP contribution is -2.49. The number of piperazine rings is 1. The van der Waals surface area contributed by atoms with Crippen LogP contribution in [0.3, 0.4) is 0 Å². The number of nitrogens with zero attached hydrogens (tertiary/aromatic N) is 2. The standard InChI is InChI=1S/C23H27ClN2O3/c1-2-29-23(28)20-7-3-18(4-8-20)11-12-25-13-15-26(16-14-25)22(27)17-19-5-9-21(24)10-6-19/h3-10H,2,11-17H2,1H3. The molecule has 1 amide bonds. The van der Waals surface area contributed by atoms with Crippen molar-refractivity contribution in [1.82, 2.24) is 9.80 Å². The van der Waals surface area contributed by atoms with Gasteiger partial charge in [0.1, 0.15) is 0 Å². The average Bonchev–Trinajstić information content (AvgIpc) is 2.75. The molecule has 0 aliphatic carbocycles. The van der Waals surface area contributed by atoms with Gasteiger partial charge in [-0.25, -0.2) is 4.79 Å². The summed E-state index contributed by atoms with van der Waals surface area (Å²) in [6.07, 6.45) is 1.34. The summed E-state index contributed by atoms with van der Waals surface area (Å²) in [5.41, 5.74) is 2.77. The van der Waals surface area contributed by atoms with Gasteiger partial charge in [-0.05, 0) is 48.7 Å². The van der Waals surface area contributed by atoms with Crippen LogP contribution >= 0.6 is 11.6 Å². The van der Waals surface area contributed by atoms with Crippen LogP contribution in [0.4, 0.5) is 0 Å². The number of ether oxygens (including phenoxy) is 1. The first-order chi connectivity index (χ1) is 14.0. The van der Waals surface area contributed by atoms with Crippen molar-refractivity contribution in [2.75, 3.05) is 39.3 Å². The minimum absolute atomic E-state index is 0.168. The van der Waals surface area contributed by atoms with Crippen LogP contribution in [0.15, 0.2) is 48.5 Å². The largest absolute Gasteiger partial charge is 0.462 e. The molecule has 0 atom stereocenters. The van der Waals surface area contributed by atoms with E-state index in [1.807, 2.05) is 53.4 Å². The van der Waals surface area contributed by atoms with E-state index in [0.29, 0.717) is 23.6 Å². The van der Waals surface area contributed by atoms with Crippen molar-refractivity contribution in [2.45, 2.75) is 19.8 Å². The molecule has 6 heteroatoms. The van der Waals surface area contributed by atoms with E-state index in [-0.39, 0.29) is 11.9 Å². The zero-order chi connectivity index (χ0) is 20.6. The Morgan fingerprint density at radius 2 is 1.55 bits per heavy atom. The summed E-state index contributed by atoms with van der Waals surface area (Å²) in [5, 5.41) is 0.686. The Morgan fingerprint density at radius 1 is 0.931 bits per heavy atom. The SMILES string of the molecule is CCOC(=O)c1ccc(CCN2CCN(C(=O)Cc3ccc(Cl)cc3)CC2)cc1. The summed E-state index contributed by atoms with van der Waals surface area (Å²) in [6.45, 7) is 6.41. The second kappa shape index (κ2) is 10.4. The molecular weight excluding hydrogens is 388 g/mol. The van der Waals surface area contributed by atoms with Crippen LogP contribution < -0.4 is 0 Å². The van der Waals surface area contributed by atoms with Crippen molar-refractivity contribution in [3.8, 4) is 0 Å². The van der Waals surface area contributed by atoms with Crippen LogP contribution in [0, 0.1) is 0 Å². The second-order valence-electron chi connectivity index (χ2n) is 7.19. The fraction of sp³-hybridized carbons (Fsp3) is 0.391. The van der Waals surface area contributed by atoms with E-state index in [4.69, 9.17) is 16.3 Å². The van der Waals surface area contributed by atoms with E-state index < -0.39 is 0 Å². The van der Waals surface area contributed by atoms with Gasteiger partial charge >= 0.3 is 5.97 Å². The molecule has 3 rings (SSSR count). The number of amides is 1. The van der Waals surface area contributed by atoms with Crippen molar-refractivity contribution in [2.24, 2.45) is 0 Å². The molecule has 0 unspecified atom stereocenters. The minimum Gasteiger partial charge on any atom is -0.462 e. The molecule has 5 nitrogen and oxygen atoms in total. The van der Waals surface area contributed by atoms with Crippen molar-refractivity contribution < 1.29 is 14.3 Å². The average molecular weight is 415 g/mol. The summed E-state index contributed by atoms with van der Waals surface area (Å²) in [5.74, 6) is -0.111. The Bertz CT molecular complexity index is 813. The predicted molar refractivity (Wildman–Crippen MR) is 114 cm³/mol. The van der Waals surface area contributed by atoms with E-state index >= 15 is 0 Å². The first-order valence-corrected chi connectivity index (χ1v) is 10.4. The highest BCUT2D eigenvalue weighted by atomic mass is 35.5. The Morgan fingerprint density at radius 3 is 2.17 bits per heavy atom. The molecule has 0 N–H and O–H groups in total. The lowest BCUT2D eigenvalue weighted by Gasteiger charge is -2.34. The molecule has 29 heavy (non-hydrogen) atoms. The molecule has 0 radical (unpaired) electrons. The Labute approximate surface area is 177 Å². The fourth-order valence-electron chi connectivity index (χ4n) is 3.42. The van der Waals surface area contributed by atoms with Gasteiger partial charge in [-0.15, -0.1) is 0 Å². The van der Waals surface area contributed by atoms with E-state index in [0.717, 1.165) is 44.7 Å². The fourth-order valence-corrected chi connectivity index (χ4v) is 3.54. The Balaban J connectivity index is 1.41. The monoisotopic (exact) mass is 414 g/mol. The number of esters is 1. The van der Waals surface area contributed by atoms with Gasteiger partial charge in [0.15, 0.2) is 0 Å². The van der Waals surface area contributed by atoms with Gasteiger partial charge in [0, 0.05) is 37.7 Å². The second-order valence-corrected chi connectivity index (χ2v) is 7.63. The maximum atomic E-state index is 12.5. The summed E-state index contributed by atoms with van der Waals surface area (Å²) >= 11 is 5.90. The van der Waals surface area contributed by atoms with Crippen molar-refractivity contribution in [3.05, 3.63) is 70.2 Å². The lowest BCUT2D eigenvalue weighted by molar-refractivity contribution is -0.132. The molecule has 0 spiro atoms. The molecule has 0 aromatic heterocycles. The first kappa shape index (κ1) is 21.3. The predicted octanol–water partition coefficient (Wildman–Crippen LogP) is 3.45. The number of halogens is 1. The number of benzene rings is 2. The van der Waals surface area contributed by atoms with E-state index in [1.165, 1.54) is 5.56 Å². The van der Waals surface area contributed by atoms with Crippen molar-refractivity contribution in [3.63, 3.8) is 0 Å². The molecule has 154 valence electrons. The molecule has 1 aliphatic heterocycles.